The first-order valence-corrected chi connectivity index (χ1v) is 21.8. The van der Waals surface area contributed by atoms with Crippen LogP contribution in [0, 0.1) is 0 Å². The molecule has 0 amide bonds. The number of hydrogen-bond donors (Lipinski definition) is 0. The van der Waals surface area contributed by atoms with Crippen molar-refractivity contribution in [1.82, 2.24) is 4.57 Å². The minimum absolute atomic E-state index is 0.582. The molecule has 12 rings (SSSR count). The van der Waals surface area contributed by atoms with Crippen LogP contribution in [-0.4, -0.2) is 4.57 Å². The third-order valence-corrected chi connectivity index (χ3v) is 13.1. The van der Waals surface area contributed by atoms with E-state index in [1.807, 2.05) is 0 Å². The van der Waals surface area contributed by atoms with Crippen molar-refractivity contribution in [2.75, 3.05) is 4.90 Å². The molecule has 296 valence electrons. The lowest BCUT2D eigenvalue weighted by atomic mass is 9.67. The van der Waals surface area contributed by atoms with Crippen LogP contribution in [0.4, 0.5) is 17.1 Å². The Morgan fingerprint density at radius 3 is 1.43 bits per heavy atom. The molecule has 1 aromatic heterocycles. The quantitative estimate of drug-likeness (QED) is 0.149. The smallest absolute Gasteiger partial charge is 0.0714 e. The van der Waals surface area contributed by atoms with Gasteiger partial charge in [-0.15, -0.1) is 0 Å². The van der Waals surface area contributed by atoms with Crippen LogP contribution in [0.25, 0.3) is 60.9 Å². The second-order valence-electron chi connectivity index (χ2n) is 16.4. The van der Waals surface area contributed by atoms with Gasteiger partial charge in [0.05, 0.1) is 16.4 Å². The molecular formula is C61H42N2. The zero-order valence-corrected chi connectivity index (χ0v) is 34.6. The van der Waals surface area contributed by atoms with Gasteiger partial charge >= 0.3 is 0 Å². The van der Waals surface area contributed by atoms with Gasteiger partial charge in [0, 0.05) is 33.5 Å². The fourth-order valence-corrected chi connectivity index (χ4v) is 10.4. The van der Waals surface area contributed by atoms with Crippen LogP contribution in [0.15, 0.2) is 255 Å². The van der Waals surface area contributed by atoms with Crippen molar-refractivity contribution < 1.29 is 0 Å². The molecular weight excluding hydrogens is 761 g/mol. The van der Waals surface area contributed by atoms with E-state index in [0.717, 1.165) is 22.7 Å². The molecule has 0 spiro atoms. The van der Waals surface area contributed by atoms with E-state index in [-0.39, 0.29) is 0 Å². The molecule has 0 atom stereocenters. The van der Waals surface area contributed by atoms with E-state index in [0.29, 0.717) is 0 Å². The van der Waals surface area contributed by atoms with Gasteiger partial charge in [-0.05, 0) is 116 Å². The largest absolute Gasteiger partial charge is 0.310 e. The predicted octanol–water partition coefficient (Wildman–Crippen LogP) is 16.0. The van der Waals surface area contributed by atoms with E-state index in [4.69, 9.17) is 0 Å². The maximum absolute atomic E-state index is 2.46. The normalized spacial score (nSPS) is 12.6. The van der Waals surface area contributed by atoms with Crippen molar-refractivity contribution in [3.05, 3.63) is 277 Å². The first-order valence-electron chi connectivity index (χ1n) is 21.8. The van der Waals surface area contributed by atoms with Crippen LogP contribution >= 0.6 is 0 Å². The van der Waals surface area contributed by atoms with Gasteiger partial charge in [-0.1, -0.05) is 194 Å². The van der Waals surface area contributed by atoms with Crippen LogP contribution in [0.5, 0.6) is 0 Å². The molecule has 0 radical (unpaired) electrons. The summed E-state index contributed by atoms with van der Waals surface area (Å²) in [5.74, 6) is 0. The van der Waals surface area contributed by atoms with Gasteiger partial charge in [-0.25, -0.2) is 0 Å². The second kappa shape index (κ2) is 15.1. The van der Waals surface area contributed by atoms with Gasteiger partial charge in [0.2, 0.25) is 0 Å². The van der Waals surface area contributed by atoms with E-state index in [9.17, 15) is 0 Å². The number of hydrogen-bond acceptors (Lipinski definition) is 1. The van der Waals surface area contributed by atoms with Crippen LogP contribution in [0.1, 0.15) is 22.3 Å². The zero-order valence-electron chi connectivity index (χ0n) is 34.6. The Morgan fingerprint density at radius 2 is 0.810 bits per heavy atom. The van der Waals surface area contributed by atoms with Crippen molar-refractivity contribution in [2.45, 2.75) is 5.41 Å². The van der Waals surface area contributed by atoms with Crippen molar-refractivity contribution in [2.24, 2.45) is 0 Å². The summed E-state index contributed by atoms with van der Waals surface area (Å²) >= 11 is 0. The molecule has 2 nitrogen and oxygen atoms in total. The van der Waals surface area contributed by atoms with Crippen molar-refractivity contribution in [3.8, 4) is 39.1 Å². The van der Waals surface area contributed by atoms with Crippen LogP contribution in [0.2, 0.25) is 0 Å². The van der Waals surface area contributed by atoms with Gasteiger partial charge in [0.15, 0.2) is 0 Å². The fourth-order valence-electron chi connectivity index (χ4n) is 10.4. The number of fused-ring (bicyclic) bond motifs is 6. The first-order chi connectivity index (χ1) is 31.3. The van der Waals surface area contributed by atoms with Crippen LogP contribution in [0.3, 0.4) is 0 Å². The number of benzene rings is 10. The highest BCUT2D eigenvalue weighted by atomic mass is 15.1. The molecule has 0 saturated carbocycles. The highest BCUT2D eigenvalue weighted by Gasteiger charge is 2.47. The van der Waals surface area contributed by atoms with E-state index in [1.165, 1.54) is 77.4 Å². The van der Waals surface area contributed by atoms with Crippen molar-refractivity contribution >= 4 is 38.9 Å². The molecule has 0 bridgehead atoms. The summed E-state index contributed by atoms with van der Waals surface area (Å²) in [5.41, 5.74) is 18.7. The minimum Gasteiger partial charge on any atom is -0.310 e. The summed E-state index contributed by atoms with van der Waals surface area (Å²) in [6, 6.07) is 93.3. The number of nitrogens with zero attached hydrogens (tertiary/aromatic N) is 2. The second-order valence-corrected chi connectivity index (χ2v) is 16.4. The zero-order chi connectivity index (χ0) is 41.7. The first kappa shape index (κ1) is 36.6. The Bertz CT molecular complexity index is 3310. The molecule has 10 aromatic carbocycles. The lowest BCUT2D eigenvalue weighted by Gasteiger charge is -2.35. The Labute approximate surface area is 368 Å². The lowest BCUT2D eigenvalue weighted by molar-refractivity contribution is 0.768. The Balaban J connectivity index is 1.06. The summed E-state index contributed by atoms with van der Waals surface area (Å²) in [6.07, 6.45) is 0. The van der Waals surface area contributed by atoms with Gasteiger partial charge in [-0.3, -0.25) is 0 Å². The fraction of sp³-hybridized carbons (Fsp3) is 0.0164. The summed E-state index contributed by atoms with van der Waals surface area (Å²) in [5, 5.41) is 2.53. The monoisotopic (exact) mass is 802 g/mol. The van der Waals surface area contributed by atoms with Crippen molar-refractivity contribution in [3.63, 3.8) is 0 Å². The standard InChI is InChI=1S/C61H42N2/c1-5-18-43(19-6-1)44-32-36-49(37-33-44)62(48-24-11-4-12-25-48)51-40-41-55-57(42-51)61(46-20-7-2-8-21-46,47-22-9-3-10-23-47)56-29-17-28-52(60(55)56)45-34-38-50(39-35-45)63-58-30-15-13-26-53(58)54-27-14-16-31-59(54)63/h1-42H. The maximum atomic E-state index is 2.46. The predicted molar refractivity (Wildman–Crippen MR) is 264 cm³/mol. The molecule has 1 heterocycles. The molecule has 63 heavy (non-hydrogen) atoms. The third-order valence-electron chi connectivity index (χ3n) is 13.1. The maximum Gasteiger partial charge on any atom is 0.0714 e. The van der Waals surface area contributed by atoms with Gasteiger partial charge < -0.3 is 9.47 Å². The summed E-state index contributed by atoms with van der Waals surface area (Å²) < 4.78 is 2.39. The van der Waals surface area contributed by atoms with E-state index < -0.39 is 5.41 Å². The number of aromatic nitrogens is 1. The summed E-state index contributed by atoms with van der Waals surface area (Å²) in [7, 11) is 0. The molecule has 1 aliphatic carbocycles. The molecule has 0 aliphatic heterocycles. The Hall–Kier alpha value is -8.20. The van der Waals surface area contributed by atoms with E-state index in [1.54, 1.807) is 0 Å². The molecule has 1 aliphatic rings. The molecule has 0 unspecified atom stereocenters. The number of rotatable bonds is 8. The highest BCUT2D eigenvalue weighted by Crippen LogP contribution is 2.59. The minimum atomic E-state index is -0.582. The van der Waals surface area contributed by atoms with Gasteiger partial charge in [0.1, 0.15) is 0 Å². The molecule has 2 heteroatoms. The Morgan fingerprint density at radius 1 is 0.317 bits per heavy atom. The molecule has 11 aromatic rings. The topological polar surface area (TPSA) is 8.17 Å². The van der Waals surface area contributed by atoms with E-state index >= 15 is 0 Å². The summed E-state index contributed by atoms with van der Waals surface area (Å²) in [6.45, 7) is 0. The average molecular weight is 803 g/mol. The number of anilines is 3. The van der Waals surface area contributed by atoms with Gasteiger partial charge in [-0.2, -0.15) is 0 Å². The molecule has 0 N–H and O–H groups in total. The average Bonchev–Trinajstić information content (AvgIpc) is 3.86. The van der Waals surface area contributed by atoms with Crippen LogP contribution < -0.4 is 4.90 Å². The summed E-state index contributed by atoms with van der Waals surface area (Å²) in [4.78, 5) is 2.40. The van der Waals surface area contributed by atoms with Crippen LogP contribution in [-0.2, 0) is 5.41 Å². The Kier molecular flexibility index (Phi) is 8.76. The molecule has 0 fully saturated rings. The molecule has 0 saturated heterocycles. The highest BCUT2D eigenvalue weighted by molar-refractivity contribution is 6.09. The van der Waals surface area contributed by atoms with Crippen molar-refractivity contribution in [1.29, 1.82) is 0 Å². The SMILES string of the molecule is c1ccc(-c2ccc(N(c3ccccc3)c3ccc4c(c3)C(c3ccccc3)(c3ccccc3)c3cccc(-c5ccc(-n6c7ccccc7c7ccccc76)cc5)c3-4)cc2)cc1. The van der Waals surface area contributed by atoms with E-state index in [2.05, 4.69) is 264 Å². The van der Waals surface area contributed by atoms with Gasteiger partial charge in [0.25, 0.3) is 0 Å². The third kappa shape index (κ3) is 5.87. The number of para-hydroxylation sites is 3. The lowest BCUT2D eigenvalue weighted by Crippen LogP contribution is -2.28.